The number of anilines is 1. The molecule has 0 radical (unpaired) electrons. The number of hydrogen-bond donors (Lipinski definition) is 2. The van der Waals surface area contributed by atoms with Crippen LogP contribution in [0.1, 0.15) is 19.8 Å². The molecule has 0 saturated carbocycles. The Hall–Kier alpha value is -1.89. The predicted molar refractivity (Wildman–Crippen MR) is 68.0 cm³/mol. The van der Waals surface area contributed by atoms with Crippen LogP contribution >= 0.6 is 11.6 Å². The van der Waals surface area contributed by atoms with Crippen LogP contribution in [0.25, 0.3) is 0 Å². The molecule has 1 aliphatic heterocycles. The summed E-state index contributed by atoms with van der Waals surface area (Å²) in [7, 11) is 0. The molecule has 102 valence electrons. The number of ether oxygens (including phenoxy) is 1. The van der Waals surface area contributed by atoms with Crippen molar-refractivity contribution in [3.8, 4) is 5.88 Å². The molecular weight excluding hydrogens is 272 g/mol. The first-order valence-corrected chi connectivity index (χ1v) is 6.23. The topological polar surface area (TPSA) is 93.2 Å². The molecule has 2 rings (SSSR count). The van der Waals surface area contributed by atoms with Crippen LogP contribution in [0.3, 0.4) is 0 Å². The number of aromatic nitrogens is 2. The van der Waals surface area contributed by atoms with E-state index < -0.39 is 6.04 Å². The lowest BCUT2D eigenvalue weighted by Crippen LogP contribution is -2.47. The molecule has 7 nitrogen and oxygen atoms in total. The number of carbonyl (C=O) groups is 2. The Kier molecular flexibility index (Phi) is 4.16. The van der Waals surface area contributed by atoms with E-state index in [1.807, 2.05) is 6.92 Å². The molecule has 0 bridgehead atoms. The van der Waals surface area contributed by atoms with E-state index >= 15 is 0 Å². The second kappa shape index (κ2) is 5.83. The maximum absolute atomic E-state index is 11.6. The van der Waals surface area contributed by atoms with Gasteiger partial charge in [-0.3, -0.25) is 14.9 Å². The van der Waals surface area contributed by atoms with Gasteiger partial charge in [0.1, 0.15) is 11.1 Å². The van der Waals surface area contributed by atoms with Crippen LogP contribution in [-0.4, -0.2) is 34.4 Å². The van der Waals surface area contributed by atoms with E-state index in [1.165, 1.54) is 6.20 Å². The van der Waals surface area contributed by atoms with Crippen molar-refractivity contribution in [2.24, 2.45) is 0 Å². The summed E-state index contributed by atoms with van der Waals surface area (Å²) in [6, 6.07) is -0.534. The average molecular weight is 285 g/mol. The molecule has 0 aromatic carbocycles. The number of imide groups is 1. The van der Waals surface area contributed by atoms with Gasteiger partial charge in [-0.15, -0.1) is 0 Å². The molecule has 2 heterocycles. The van der Waals surface area contributed by atoms with Crippen LogP contribution in [0.2, 0.25) is 5.02 Å². The highest BCUT2D eigenvalue weighted by Crippen LogP contribution is 2.22. The fourth-order valence-electron chi connectivity index (χ4n) is 1.65. The second-order valence-electron chi connectivity index (χ2n) is 3.93. The quantitative estimate of drug-likeness (QED) is 0.793. The second-order valence-corrected chi connectivity index (χ2v) is 4.33. The highest BCUT2D eigenvalue weighted by atomic mass is 35.5. The van der Waals surface area contributed by atoms with Crippen molar-refractivity contribution in [2.75, 3.05) is 11.9 Å². The number of nitrogens with zero attached hydrogens (tertiary/aromatic N) is 2. The summed E-state index contributed by atoms with van der Waals surface area (Å²) in [5.74, 6) is -0.154. The Bertz CT molecular complexity index is 509. The summed E-state index contributed by atoms with van der Waals surface area (Å²) in [4.78, 5) is 30.6. The predicted octanol–water partition coefficient (Wildman–Crippen LogP) is 0.746. The lowest BCUT2D eigenvalue weighted by atomic mass is 10.1. The third-order valence-corrected chi connectivity index (χ3v) is 2.79. The monoisotopic (exact) mass is 284 g/mol. The zero-order valence-electron chi connectivity index (χ0n) is 10.3. The fraction of sp³-hybridized carbons (Fsp3) is 0.455. The Balaban J connectivity index is 2.08. The average Bonchev–Trinajstić information content (AvgIpc) is 2.37. The van der Waals surface area contributed by atoms with Gasteiger partial charge < -0.3 is 10.1 Å². The van der Waals surface area contributed by atoms with Crippen LogP contribution in [0.5, 0.6) is 5.88 Å². The number of rotatable bonds is 4. The van der Waals surface area contributed by atoms with E-state index in [9.17, 15) is 9.59 Å². The molecule has 0 spiro atoms. The van der Waals surface area contributed by atoms with E-state index in [1.54, 1.807) is 0 Å². The minimum Gasteiger partial charge on any atom is -0.477 e. The summed E-state index contributed by atoms with van der Waals surface area (Å²) in [5, 5.41) is 5.40. The molecule has 0 aliphatic carbocycles. The standard InChI is InChI=1S/C11H13ClN4O3/c1-2-19-10-6(12)5-13-11(16-10)14-7-3-4-8(17)15-9(7)18/h5,7H,2-4H2,1H3,(H,13,14,16)(H,15,17,18). The Morgan fingerprint density at radius 3 is 3.05 bits per heavy atom. The van der Waals surface area contributed by atoms with Crippen molar-refractivity contribution in [1.82, 2.24) is 15.3 Å². The first kappa shape index (κ1) is 13.5. The summed E-state index contributed by atoms with van der Waals surface area (Å²) in [6.07, 6.45) is 2.09. The molecule has 1 fully saturated rings. The number of halogens is 1. The molecule has 1 atom stereocenters. The van der Waals surface area contributed by atoms with Crippen LogP contribution < -0.4 is 15.4 Å². The van der Waals surface area contributed by atoms with Crippen molar-refractivity contribution in [3.05, 3.63) is 11.2 Å². The van der Waals surface area contributed by atoms with Crippen LogP contribution in [0.4, 0.5) is 5.95 Å². The molecule has 8 heteroatoms. The van der Waals surface area contributed by atoms with Gasteiger partial charge in [0.2, 0.25) is 23.6 Å². The Morgan fingerprint density at radius 1 is 1.58 bits per heavy atom. The maximum Gasteiger partial charge on any atom is 0.249 e. The number of hydrogen-bond acceptors (Lipinski definition) is 6. The molecule has 1 unspecified atom stereocenters. The molecule has 1 aliphatic rings. The van der Waals surface area contributed by atoms with Crippen molar-refractivity contribution < 1.29 is 14.3 Å². The molecule has 19 heavy (non-hydrogen) atoms. The molecule has 1 aromatic rings. The van der Waals surface area contributed by atoms with E-state index in [2.05, 4.69) is 20.6 Å². The zero-order valence-corrected chi connectivity index (χ0v) is 11.0. The smallest absolute Gasteiger partial charge is 0.249 e. The third-order valence-electron chi connectivity index (χ3n) is 2.54. The summed E-state index contributed by atoms with van der Waals surface area (Å²) in [6.45, 7) is 2.24. The molecule has 2 N–H and O–H groups in total. The minimum atomic E-state index is -0.534. The summed E-state index contributed by atoms with van der Waals surface area (Å²) in [5.41, 5.74) is 0. The number of nitrogens with one attached hydrogen (secondary N) is 2. The van der Waals surface area contributed by atoms with Gasteiger partial charge in [-0.1, -0.05) is 11.6 Å². The van der Waals surface area contributed by atoms with Gasteiger partial charge in [0.15, 0.2) is 0 Å². The molecule has 2 amide bonds. The van der Waals surface area contributed by atoms with E-state index in [0.717, 1.165) is 0 Å². The highest BCUT2D eigenvalue weighted by Gasteiger charge is 2.27. The Labute approximate surface area is 114 Å². The van der Waals surface area contributed by atoms with Gasteiger partial charge in [-0.25, -0.2) is 4.98 Å². The third kappa shape index (κ3) is 3.31. The van der Waals surface area contributed by atoms with Crippen molar-refractivity contribution in [1.29, 1.82) is 0 Å². The minimum absolute atomic E-state index is 0.238. The van der Waals surface area contributed by atoms with Crippen molar-refractivity contribution in [3.63, 3.8) is 0 Å². The lowest BCUT2D eigenvalue weighted by molar-refractivity contribution is -0.133. The highest BCUT2D eigenvalue weighted by molar-refractivity contribution is 6.31. The fourth-order valence-corrected chi connectivity index (χ4v) is 1.79. The Morgan fingerprint density at radius 2 is 2.37 bits per heavy atom. The molecule has 1 saturated heterocycles. The SMILES string of the molecule is CCOc1nc(NC2CCC(=O)NC2=O)ncc1Cl. The number of carbonyl (C=O) groups excluding carboxylic acids is 2. The van der Waals surface area contributed by atoms with Gasteiger partial charge in [-0.2, -0.15) is 4.98 Å². The van der Waals surface area contributed by atoms with E-state index in [4.69, 9.17) is 16.3 Å². The van der Waals surface area contributed by atoms with E-state index in [-0.39, 0.29) is 30.1 Å². The van der Waals surface area contributed by atoms with Crippen LogP contribution in [0, 0.1) is 0 Å². The maximum atomic E-state index is 11.6. The first-order valence-electron chi connectivity index (χ1n) is 5.85. The van der Waals surface area contributed by atoms with Gasteiger partial charge in [-0.05, 0) is 13.3 Å². The normalized spacial score (nSPS) is 18.9. The number of amides is 2. The molecule has 1 aromatic heterocycles. The van der Waals surface area contributed by atoms with Gasteiger partial charge in [0.25, 0.3) is 0 Å². The largest absolute Gasteiger partial charge is 0.477 e. The van der Waals surface area contributed by atoms with Crippen LogP contribution in [0.15, 0.2) is 6.20 Å². The first-order chi connectivity index (χ1) is 9.10. The summed E-state index contributed by atoms with van der Waals surface area (Å²) < 4.78 is 5.23. The lowest BCUT2D eigenvalue weighted by Gasteiger charge is -2.21. The van der Waals surface area contributed by atoms with Crippen molar-refractivity contribution in [2.45, 2.75) is 25.8 Å². The van der Waals surface area contributed by atoms with Crippen LogP contribution in [-0.2, 0) is 9.59 Å². The number of piperidine rings is 1. The summed E-state index contributed by atoms with van der Waals surface area (Å²) >= 11 is 5.86. The molecular formula is C11H13ClN4O3. The van der Waals surface area contributed by atoms with Gasteiger partial charge in [0, 0.05) is 6.42 Å². The van der Waals surface area contributed by atoms with E-state index in [0.29, 0.717) is 18.1 Å². The zero-order chi connectivity index (χ0) is 13.8. The van der Waals surface area contributed by atoms with Crippen molar-refractivity contribution >= 4 is 29.4 Å². The van der Waals surface area contributed by atoms with Gasteiger partial charge in [0.05, 0.1) is 12.8 Å². The van der Waals surface area contributed by atoms with Gasteiger partial charge >= 0.3 is 0 Å².